The van der Waals surface area contributed by atoms with Gasteiger partial charge in [0.1, 0.15) is 0 Å². The normalized spacial score (nSPS) is 18.9. The molecule has 2 N–H and O–H groups in total. The monoisotopic (exact) mass is 306 g/mol. The predicted octanol–water partition coefficient (Wildman–Crippen LogP) is 2.69. The lowest BCUT2D eigenvalue weighted by Crippen LogP contribution is -2.27. The lowest BCUT2D eigenvalue weighted by atomic mass is 9.88. The molecule has 16 heavy (non-hydrogen) atoms. The van der Waals surface area contributed by atoms with Crippen molar-refractivity contribution in [3.63, 3.8) is 0 Å². The molecular weight excluding hydrogens is 291 g/mol. The molecule has 2 rings (SSSR count). The topological polar surface area (TPSA) is 48.1 Å². The maximum atomic E-state index is 6.22. The zero-order valence-electron chi connectivity index (χ0n) is 8.93. The number of nitrogens with zero attached hydrogens (tertiary/aromatic N) is 1. The largest absolute Gasteiger partial charge is 0.381 e. The second-order valence-corrected chi connectivity index (χ2v) is 4.83. The molecule has 1 fully saturated rings. The van der Waals surface area contributed by atoms with Crippen LogP contribution in [-0.2, 0) is 4.74 Å². The molecule has 5 heteroatoms. The molecule has 0 bridgehead atoms. The van der Waals surface area contributed by atoms with E-state index < -0.39 is 0 Å². The Hall–Kier alpha value is -0.160. The third-order valence-electron chi connectivity index (χ3n) is 2.88. The van der Waals surface area contributed by atoms with Gasteiger partial charge in [0.2, 0.25) is 0 Å². The van der Waals surface area contributed by atoms with Crippen molar-refractivity contribution in [2.24, 2.45) is 11.7 Å². The Morgan fingerprint density at radius 2 is 2.06 bits per heavy atom. The molecule has 1 saturated heterocycles. The maximum Gasteiger partial charge on any atom is 0.0469 e. The van der Waals surface area contributed by atoms with Crippen LogP contribution in [0.2, 0.25) is 0 Å². The number of pyridine rings is 1. The highest BCUT2D eigenvalue weighted by Crippen LogP contribution is 2.28. The van der Waals surface area contributed by atoms with Crippen LogP contribution in [0.1, 0.15) is 24.4 Å². The Bertz CT molecular complexity index is 332. The van der Waals surface area contributed by atoms with E-state index in [0.29, 0.717) is 5.92 Å². The lowest BCUT2D eigenvalue weighted by Gasteiger charge is -2.27. The highest BCUT2D eigenvalue weighted by molar-refractivity contribution is 9.10. The Balaban J connectivity index is 0.00000128. The number of aromatic nitrogens is 1. The van der Waals surface area contributed by atoms with E-state index in [4.69, 9.17) is 10.5 Å². The van der Waals surface area contributed by atoms with Gasteiger partial charge < -0.3 is 10.5 Å². The SMILES string of the molecule is Cl.N[C@@H](c1cncc(Br)c1)C1CCOCC1. The molecule has 1 aliphatic rings. The number of nitrogens with two attached hydrogens (primary N) is 1. The van der Waals surface area contributed by atoms with Gasteiger partial charge in [0, 0.05) is 36.1 Å². The van der Waals surface area contributed by atoms with E-state index in [1.807, 2.05) is 12.3 Å². The third-order valence-corrected chi connectivity index (χ3v) is 3.32. The van der Waals surface area contributed by atoms with Gasteiger partial charge in [-0.3, -0.25) is 4.98 Å². The van der Waals surface area contributed by atoms with Crippen molar-refractivity contribution in [3.8, 4) is 0 Å². The van der Waals surface area contributed by atoms with Gasteiger partial charge in [-0.15, -0.1) is 12.4 Å². The van der Waals surface area contributed by atoms with Gasteiger partial charge >= 0.3 is 0 Å². The van der Waals surface area contributed by atoms with Gasteiger partial charge in [-0.1, -0.05) is 0 Å². The minimum atomic E-state index is 0. The van der Waals surface area contributed by atoms with Crippen molar-refractivity contribution >= 4 is 28.3 Å². The predicted molar refractivity (Wildman–Crippen MR) is 69.7 cm³/mol. The van der Waals surface area contributed by atoms with Crippen LogP contribution in [0.25, 0.3) is 0 Å². The number of hydrogen-bond acceptors (Lipinski definition) is 3. The van der Waals surface area contributed by atoms with E-state index in [-0.39, 0.29) is 18.4 Å². The van der Waals surface area contributed by atoms with Crippen LogP contribution in [0.4, 0.5) is 0 Å². The molecule has 90 valence electrons. The molecule has 0 spiro atoms. The Morgan fingerprint density at radius 3 is 2.69 bits per heavy atom. The first kappa shape index (κ1) is 13.9. The van der Waals surface area contributed by atoms with Gasteiger partial charge in [-0.25, -0.2) is 0 Å². The molecule has 1 atom stereocenters. The average molecular weight is 308 g/mol. The zero-order valence-corrected chi connectivity index (χ0v) is 11.3. The first-order chi connectivity index (χ1) is 7.27. The molecule has 0 radical (unpaired) electrons. The molecule has 1 aromatic heterocycles. The first-order valence-electron chi connectivity index (χ1n) is 5.21. The summed E-state index contributed by atoms with van der Waals surface area (Å²) < 4.78 is 6.32. The van der Waals surface area contributed by atoms with Crippen LogP contribution in [0, 0.1) is 5.92 Å². The summed E-state index contributed by atoms with van der Waals surface area (Å²) >= 11 is 3.41. The van der Waals surface area contributed by atoms with Crippen molar-refractivity contribution < 1.29 is 4.74 Å². The van der Waals surface area contributed by atoms with Crippen LogP contribution in [0.5, 0.6) is 0 Å². The molecule has 0 aliphatic carbocycles. The summed E-state index contributed by atoms with van der Waals surface area (Å²) in [6.07, 6.45) is 5.73. The number of ether oxygens (including phenoxy) is 1. The summed E-state index contributed by atoms with van der Waals surface area (Å²) in [6, 6.07) is 2.13. The summed E-state index contributed by atoms with van der Waals surface area (Å²) in [6.45, 7) is 1.67. The van der Waals surface area contributed by atoms with E-state index in [0.717, 1.165) is 36.1 Å². The quantitative estimate of drug-likeness (QED) is 0.914. The van der Waals surface area contributed by atoms with Gasteiger partial charge in [-0.05, 0) is 46.3 Å². The molecule has 3 nitrogen and oxygen atoms in total. The van der Waals surface area contributed by atoms with Crippen molar-refractivity contribution in [2.45, 2.75) is 18.9 Å². The van der Waals surface area contributed by atoms with Crippen LogP contribution in [0.3, 0.4) is 0 Å². The highest BCUT2D eigenvalue weighted by atomic mass is 79.9. The Kier molecular flexibility index (Phi) is 5.69. The van der Waals surface area contributed by atoms with Crippen molar-refractivity contribution in [2.75, 3.05) is 13.2 Å². The summed E-state index contributed by atoms with van der Waals surface area (Å²) in [5.41, 5.74) is 7.33. The Morgan fingerprint density at radius 1 is 1.38 bits per heavy atom. The van der Waals surface area contributed by atoms with Crippen LogP contribution >= 0.6 is 28.3 Å². The van der Waals surface area contributed by atoms with E-state index >= 15 is 0 Å². The van der Waals surface area contributed by atoms with E-state index in [1.165, 1.54) is 0 Å². The minimum Gasteiger partial charge on any atom is -0.381 e. The van der Waals surface area contributed by atoms with E-state index in [1.54, 1.807) is 6.20 Å². The number of hydrogen-bond donors (Lipinski definition) is 1. The fourth-order valence-corrected chi connectivity index (χ4v) is 2.34. The van der Waals surface area contributed by atoms with E-state index in [2.05, 4.69) is 20.9 Å². The zero-order chi connectivity index (χ0) is 10.7. The van der Waals surface area contributed by atoms with Crippen LogP contribution in [0.15, 0.2) is 22.9 Å². The molecular formula is C11H16BrClN2O. The van der Waals surface area contributed by atoms with Gasteiger partial charge in [0.05, 0.1) is 0 Å². The molecule has 0 saturated carbocycles. The highest BCUT2D eigenvalue weighted by Gasteiger charge is 2.22. The van der Waals surface area contributed by atoms with Crippen molar-refractivity contribution in [1.82, 2.24) is 4.98 Å². The number of halogens is 2. The summed E-state index contributed by atoms with van der Waals surface area (Å²) in [5.74, 6) is 0.523. The molecule has 0 unspecified atom stereocenters. The van der Waals surface area contributed by atoms with Crippen molar-refractivity contribution in [1.29, 1.82) is 0 Å². The van der Waals surface area contributed by atoms with Crippen molar-refractivity contribution in [3.05, 3.63) is 28.5 Å². The number of rotatable bonds is 2. The smallest absolute Gasteiger partial charge is 0.0469 e. The molecule has 2 heterocycles. The summed E-state index contributed by atoms with van der Waals surface area (Å²) in [7, 11) is 0. The molecule has 1 aliphatic heterocycles. The van der Waals surface area contributed by atoms with Gasteiger partial charge in [-0.2, -0.15) is 0 Å². The minimum absolute atomic E-state index is 0. The molecule has 0 amide bonds. The second kappa shape index (κ2) is 6.55. The van der Waals surface area contributed by atoms with Gasteiger partial charge in [0.25, 0.3) is 0 Å². The van der Waals surface area contributed by atoms with Gasteiger partial charge in [0.15, 0.2) is 0 Å². The maximum absolute atomic E-state index is 6.22. The average Bonchev–Trinajstić information content (AvgIpc) is 2.29. The van der Waals surface area contributed by atoms with E-state index in [9.17, 15) is 0 Å². The molecule has 1 aromatic rings. The fraction of sp³-hybridized carbons (Fsp3) is 0.545. The fourth-order valence-electron chi connectivity index (χ4n) is 1.96. The van der Waals surface area contributed by atoms with Crippen LogP contribution in [-0.4, -0.2) is 18.2 Å². The first-order valence-corrected chi connectivity index (χ1v) is 6.00. The molecule has 0 aromatic carbocycles. The lowest BCUT2D eigenvalue weighted by molar-refractivity contribution is 0.0583. The Labute approximate surface area is 110 Å². The second-order valence-electron chi connectivity index (χ2n) is 3.91. The summed E-state index contributed by atoms with van der Waals surface area (Å²) in [4.78, 5) is 4.14. The standard InChI is InChI=1S/C11H15BrN2O.ClH/c12-10-5-9(6-14-7-10)11(13)8-1-3-15-4-2-8;/h5-8,11H,1-4,13H2;1H/t11-;/m1./s1. The van der Waals surface area contributed by atoms with Crippen LogP contribution < -0.4 is 5.73 Å². The summed E-state index contributed by atoms with van der Waals surface area (Å²) in [5, 5.41) is 0. The third kappa shape index (κ3) is 3.42.